The molecule has 1 aliphatic rings. The SMILES string of the molecule is CCCCC(=O)NC1(CCl)CCCC1. The Labute approximate surface area is 91.4 Å². The highest BCUT2D eigenvalue weighted by Crippen LogP contribution is 2.30. The van der Waals surface area contributed by atoms with Gasteiger partial charge >= 0.3 is 0 Å². The van der Waals surface area contributed by atoms with Crippen molar-refractivity contribution in [3.05, 3.63) is 0 Å². The summed E-state index contributed by atoms with van der Waals surface area (Å²) >= 11 is 5.93. The van der Waals surface area contributed by atoms with E-state index in [1.807, 2.05) is 0 Å². The van der Waals surface area contributed by atoms with Crippen LogP contribution < -0.4 is 5.32 Å². The molecule has 14 heavy (non-hydrogen) atoms. The molecule has 0 aromatic heterocycles. The maximum atomic E-state index is 11.6. The number of hydrogen-bond acceptors (Lipinski definition) is 1. The molecular weight excluding hydrogens is 198 g/mol. The van der Waals surface area contributed by atoms with Gasteiger partial charge in [0.25, 0.3) is 0 Å². The van der Waals surface area contributed by atoms with Gasteiger partial charge in [-0.2, -0.15) is 0 Å². The summed E-state index contributed by atoms with van der Waals surface area (Å²) in [5.41, 5.74) is -0.0770. The van der Waals surface area contributed by atoms with Crippen molar-refractivity contribution in [1.82, 2.24) is 5.32 Å². The van der Waals surface area contributed by atoms with Gasteiger partial charge in [0, 0.05) is 12.3 Å². The third-order valence-electron chi connectivity index (χ3n) is 2.98. The van der Waals surface area contributed by atoms with Gasteiger partial charge in [-0.3, -0.25) is 4.79 Å². The summed E-state index contributed by atoms with van der Waals surface area (Å²) in [6.07, 6.45) is 7.19. The van der Waals surface area contributed by atoms with Gasteiger partial charge in [0.05, 0.1) is 5.54 Å². The minimum Gasteiger partial charge on any atom is -0.349 e. The van der Waals surface area contributed by atoms with Crippen LogP contribution in [0.25, 0.3) is 0 Å². The minimum absolute atomic E-state index is 0.0770. The molecule has 1 rings (SSSR count). The second-order valence-corrected chi connectivity index (χ2v) is 4.54. The Bertz CT molecular complexity index is 188. The fraction of sp³-hybridized carbons (Fsp3) is 0.909. The van der Waals surface area contributed by atoms with E-state index in [0.717, 1.165) is 25.7 Å². The van der Waals surface area contributed by atoms with E-state index in [-0.39, 0.29) is 11.4 Å². The summed E-state index contributed by atoms with van der Waals surface area (Å²) in [6.45, 7) is 2.10. The van der Waals surface area contributed by atoms with Crippen LogP contribution in [0.4, 0.5) is 0 Å². The molecule has 82 valence electrons. The Morgan fingerprint density at radius 2 is 2.07 bits per heavy atom. The first-order valence-corrected chi connectivity index (χ1v) is 6.13. The molecule has 1 saturated carbocycles. The fourth-order valence-electron chi connectivity index (χ4n) is 2.04. The zero-order valence-corrected chi connectivity index (χ0v) is 9.70. The first-order chi connectivity index (χ1) is 6.72. The monoisotopic (exact) mass is 217 g/mol. The summed E-state index contributed by atoms with van der Waals surface area (Å²) in [5, 5.41) is 3.11. The highest BCUT2D eigenvalue weighted by atomic mass is 35.5. The predicted octanol–water partition coefficient (Wildman–Crippen LogP) is 2.84. The standard InChI is InChI=1S/C11H20ClNO/c1-2-3-6-10(14)13-11(9-12)7-4-5-8-11/h2-9H2,1H3,(H,13,14). The molecule has 0 atom stereocenters. The van der Waals surface area contributed by atoms with Crippen LogP contribution in [-0.2, 0) is 4.79 Å². The molecule has 0 spiro atoms. The maximum absolute atomic E-state index is 11.6. The molecular formula is C11H20ClNO. The lowest BCUT2D eigenvalue weighted by molar-refractivity contribution is -0.122. The number of alkyl halides is 1. The second-order valence-electron chi connectivity index (χ2n) is 4.27. The van der Waals surface area contributed by atoms with Gasteiger partial charge in [-0.25, -0.2) is 0 Å². The molecule has 0 saturated heterocycles. The van der Waals surface area contributed by atoms with Crippen LogP contribution in [0.15, 0.2) is 0 Å². The van der Waals surface area contributed by atoms with Gasteiger partial charge in [0.1, 0.15) is 0 Å². The maximum Gasteiger partial charge on any atom is 0.220 e. The van der Waals surface area contributed by atoms with Crippen LogP contribution in [0.2, 0.25) is 0 Å². The summed E-state index contributed by atoms with van der Waals surface area (Å²) in [4.78, 5) is 11.6. The van der Waals surface area contributed by atoms with E-state index in [9.17, 15) is 4.79 Å². The molecule has 1 N–H and O–H groups in total. The van der Waals surface area contributed by atoms with E-state index in [4.69, 9.17) is 11.6 Å². The lowest BCUT2D eigenvalue weighted by atomic mass is 10.00. The molecule has 0 aromatic rings. The lowest BCUT2D eigenvalue weighted by Gasteiger charge is -2.27. The molecule has 0 radical (unpaired) electrons. The van der Waals surface area contributed by atoms with Crippen molar-refractivity contribution in [2.24, 2.45) is 0 Å². The lowest BCUT2D eigenvalue weighted by Crippen LogP contribution is -2.47. The number of rotatable bonds is 5. The number of halogens is 1. The molecule has 1 amide bonds. The third-order valence-corrected chi connectivity index (χ3v) is 3.49. The Hall–Kier alpha value is -0.240. The zero-order chi connectivity index (χ0) is 10.4. The number of carbonyl (C=O) groups excluding carboxylic acids is 1. The van der Waals surface area contributed by atoms with Crippen molar-refractivity contribution in [1.29, 1.82) is 0 Å². The predicted molar refractivity (Wildman–Crippen MR) is 59.6 cm³/mol. The van der Waals surface area contributed by atoms with Gasteiger partial charge < -0.3 is 5.32 Å². The van der Waals surface area contributed by atoms with E-state index < -0.39 is 0 Å². The van der Waals surface area contributed by atoms with Gasteiger partial charge in [-0.1, -0.05) is 26.2 Å². The van der Waals surface area contributed by atoms with Crippen molar-refractivity contribution in [2.75, 3.05) is 5.88 Å². The van der Waals surface area contributed by atoms with E-state index in [2.05, 4.69) is 12.2 Å². The largest absolute Gasteiger partial charge is 0.349 e. The summed E-state index contributed by atoms with van der Waals surface area (Å²) in [5.74, 6) is 0.736. The first kappa shape index (κ1) is 11.8. The molecule has 0 aromatic carbocycles. The molecule has 3 heteroatoms. The molecule has 1 fully saturated rings. The van der Waals surface area contributed by atoms with Gasteiger partial charge in [-0.05, 0) is 19.3 Å². The fourth-order valence-corrected chi connectivity index (χ4v) is 2.37. The van der Waals surface area contributed by atoms with Crippen LogP contribution in [0.3, 0.4) is 0 Å². The van der Waals surface area contributed by atoms with Gasteiger partial charge in [0.2, 0.25) is 5.91 Å². The average molecular weight is 218 g/mol. The second kappa shape index (κ2) is 5.59. The Morgan fingerprint density at radius 3 is 2.57 bits per heavy atom. The smallest absolute Gasteiger partial charge is 0.220 e. The van der Waals surface area contributed by atoms with Crippen molar-refractivity contribution in [3.8, 4) is 0 Å². The number of unbranched alkanes of at least 4 members (excludes halogenated alkanes) is 1. The summed E-state index contributed by atoms with van der Waals surface area (Å²) < 4.78 is 0. The van der Waals surface area contributed by atoms with E-state index in [0.29, 0.717) is 12.3 Å². The van der Waals surface area contributed by atoms with Crippen LogP contribution in [0, 0.1) is 0 Å². The highest BCUT2D eigenvalue weighted by Gasteiger charge is 2.33. The Kier molecular flexibility index (Phi) is 4.73. The van der Waals surface area contributed by atoms with Crippen molar-refractivity contribution >= 4 is 17.5 Å². The minimum atomic E-state index is -0.0770. The van der Waals surface area contributed by atoms with E-state index >= 15 is 0 Å². The quantitative estimate of drug-likeness (QED) is 0.705. The zero-order valence-electron chi connectivity index (χ0n) is 8.94. The Morgan fingerprint density at radius 1 is 1.43 bits per heavy atom. The van der Waals surface area contributed by atoms with E-state index in [1.165, 1.54) is 12.8 Å². The number of nitrogens with one attached hydrogen (secondary N) is 1. The Balaban J connectivity index is 2.36. The van der Waals surface area contributed by atoms with Crippen molar-refractivity contribution in [3.63, 3.8) is 0 Å². The summed E-state index contributed by atoms with van der Waals surface area (Å²) in [6, 6.07) is 0. The number of hydrogen-bond donors (Lipinski definition) is 1. The van der Waals surface area contributed by atoms with E-state index in [1.54, 1.807) is 0 Å². The molecule has 2 nitrogen and oxygen atoms in total. The molecule has 1 aliphatic carbocycles. The molecule has 0 unspecified atom stereocenters. The average Bonchev–Trinajstić information content (AvgIpc) is 2.64. The van der Waals surface area contributed by atoms with Crippen molar-refractivity contribution in [2.45, 2.75) is 57.4 Å². The van der Waals surface area contributed by atoms with Gasteiger partial charge in [0.15, 0.2) is 0 Å². The molecule has 0 aliphatic heterocycles. The highest BCUT2D eigenvalue weighted by molar-refractivity contribution is 6.18. The number of amides is 1. The first-order valence-electron chi connectivity index (χ1n) is 5.59. The van der Waals surface area contributed by atoms with Crippen LogP contribution in [0.1, 0.15) is 51.9 Å². The van der Waals surface area contributed by atoms with Crippen LogP contribution in [-0.4, -0.2) is 17.3 Å². The molecule has 0 heterocycles. The number of carbonyl (C=O) groups is 1. The van der Waals surface area contributed by atoms with Crippen LogP contribution in [0.5, 0.6) is 0 Å². The van der Waals surface area contributed by atoms with Gasteiger partial charge in [-0.15, -0.1) is 11.6 Å². The van der Waals surface area contributed by atoms with Crippen LogP contribution >= 0.6 is 11.6 Å². The third kappa shape index (κ3) is 3.16. The summed E-state index contributed by atoms with van der Waals surface area (Å²) in [7, 11) is 0. The normalized spacial score (nSPS) is 19.6. The molecule has 0 bridgehead atoms. The topological polar surface area (TPSA) is 29.1 Å². The van der Waals surface area contributed by atoms with Crippen molar-refractivity contribution < 1.29 is 4.79 Å².